The van der Waals surface area contributed by atoms with Gasteiger partial charge in [0, 0.05) is 5.56 Å². The summed E-state index contributed by atoms with van der Waals surface area (Å²) in [5.41, 5.74) is 1.14. The van der Waals surface area contributed by atoms with Gasteiger partial charge in [-0.2, -0.15) is 0 Å². The number of nitrogens with zero attached hydrogens (tertiary/aromatic N) is 1. The number of aliphatic imine (C=N–C) groups is 1. The van der Waals surface area contributed by atoms with Crippen LogP contribution >= 0.6 is 0 Å². The average molecular weight is 372 g/mol. The van der Waals surface area contributed by atoms with E-state index in [1.54, 1.807) is 0 Å². The van der Waals surface area contributed by atoms with Crippen molar-refractivity contribution in [3.63, 3.8) is 0 Å². The molecule has 2 heteroatoms. The Bertz CT molecular complexity index is 510. The monoisotopic (exact) mass is 371 g/mol. The fraction of sp³-hybridized carbons (Fsp3) is 0.720. The van der Waals surface area contributed by atoms with E-state index in [1.165, 1.54) is 83.5 Å². The SMILES string of the molecule is CCCCCCCCC1N=C(c2ccccc2)OC1CCCCCCCC. The molecule has 0 bridgehead atoms. The van der Waals surface area contributed by atoms with E-state index in [9.17, 15) is 0 Å². The molecule has 2 atom stereocenters. The van der Waals surface area contributed by atoms with Crippen molar-refractivity contribution < 1.29 is 4.74 Å². The third-order valence-electron chi connectivity index (χ3n) is 5.69. The van der Waals surface area contributed by atoms with Gasteiger partial charge in [0.25, 0.3) is 0 Å². The van der Waals surface area contributed by atoms with Gasteiger partial charge in [-0.05, 0) is 31.4 Å². The largest absolute Gasteiger partial charge is 0.472 e. The van der Waals surface area contributed by atoms with Crippen LogP contribution in [0.5, 0.6) is 0 Å². The summed E-state index contributed by atoms with van der Waals surface area (Å²) in [5.74, 6) is 0.877. The Hall–Kier alpha value is -1.31. The van der Waals surface area contributed by atoms with E-state index in [4.69, 9.17) is 9.73 Å². The highest BCUT2D eigenvalue weighted by Crippen LogP contribution is 2.26. The highest BCUT2D eigenvalue weighted by Gasteiger charge is 2.30. The maximum atomic E-state index is 6.33. The fourth-order valence-electron chi connectivity index (χ4n) is 3.97. The molecule has 0 radical (unpaired) electrons. The van der Waals surface area contributed by atoms with Gasteiger partial charge in [0.05, 0.1) is 6.04 Å². The predicted octanol–water partition coefficient (Wildman–Crippen LogP) is 7.70. The lowest BCUT2D eigenvalue weighted by atomic mass is 9.98. The first-order valence-corrected chi connectivity index (χ1v) is 11.6. The van der Waals surface area contributed by atoms with Gasteiger partial charge in [-0.1, -0.05) is 103 Å². The predicted molar refractivity (Wildman–Crippen MR) is 118 cm³/mol. The number of benzene rings is 1. The summed E-state index contributed by atoms with van der Waals surface area (Å²) in [6, 6.07) is 10.8. The summed E-state index contributed by atoms with van der Waals surface area (Å²) < 4.78 is 6.33. The molecule has 1 aromatic carbocycles. The topological polar surface area (TPSA) is 21.6 Å². The molecule has 1 aromatic rings. The maximum Gasteiger partial charge on any atom is 0.216 e. The van der Waals surface area contributed by atoms with Crippen molar-refractivity contribution in [2.24, 2.45) is 4.99 Å². The molecule has 0 spiro atoms. The minimum Gasteiger partial charge on any atom is -0.472 e. The summed E-state index contributed by atoms with van der Waals surface area (Å²) in [5, 5.41) is 0. The normalized spacial score (nSPS) is 19.1. The van der Waals surface area contributed by atoms with Crippen molar-refractivity contribution in [3.8, 4) is 0 Å². The molecule has 0 saturated carbocycles. The molecule has 152 valence electrons. The van der Waals surface area contributed by atoms with Gasteiger partial charge < -0.3 is 4.74 Å². The molecule has 2 unspecified atom stereocenters. The molecular weight excluding hydrogens is 330 g/mol. The Morgan fingerprint density at radius 3 is 1.89 bits per heavy atom. The molecule has 27 heavy (non-hydrogen) atoms. The second kappa shape index (κ2) is 13.8. The fourth-order valence-corrected chi connectivity index (χ4v) is 3.97. The Kier molecular flexibility index (Phi) is 11.2. The molecule has 2 rings (SSSR count). The maximum absolute atomic E-state index is 6.33. The number of unbranched alkanes of at least 4 members (excludes halogenated alkanes) is 10. The van der Waals surface area contributed by atoms with Crippen LogP contribution in [0.2, 0.25) is 0 Å². The van der Waals surface area contributed by atoms with Gasteiger partial charge in [-0.3, -0.25) is 0 Å². The van der Waals surface area contributed by atoms with E-state index in [2.05, 4.69) is 44.2 Å². The van der Waals surface area contributed by atoms with Crippen LogP contribution in [-0.4, -0.2) is 18.0 Å². The number of hydrogen-bond acceptors (Lipinski definition) is 2. The van der Waals surface area contributed by atoms with Gasteiger partial charge in [-0.25, -0.2) is 4.99 Å². The molecule has 0 amide bonds. The smallest absolute Gasteiger partial charge is 0.216 e. The first-order chi connectivity index (χ1) is 13.3. The van der Waals surface area contributed by atoms with Crippen LogP contribution in [0, 0.1) is 0 Å². The average Bonchev–Trinajstić information content (AvgIpc) is 3.11. The van der Waals surface area contributed by atoms with Gasteiger partial charge >= 0.3 is 0 Å². The second-order valence-electron chi connectivity index (χ2n) is 8.14. The molecule has 0 N–H and O–H groups in total. The van der Waals surface area contributed by atoms with E-state index in [1.807, 2.05) is 0 Å². The molecule has 1 heterocycles. The number of hydrogen-bond donors (Lipinski definition) is 0. The third-order valence-corrected chi connectivity index (χ3v) is 5.69. The zero-order valence-electron chi connectivity index (χ0n) is 17.8. The second-order valence-corrected chi connectivity index (χ2v) is 8.14. The molecule has 2 nitrogen and oxygen atoms in total. The Balaban J connectivity index is 1.79. The zero-order chi connectivity index (χ0) is 19.2. The van der Waals surface area contributed by atoms with Crippen molar-refractivity contribution >= 4 is 5.90 Å². The van der Waals surface area contributed by atoms with E-state index in [-0.39, 0.29) is 0 Å². The standard InChI is InChI=1S/C25H41NO/c1-3-5-7-9-11-16-20-23-24(21-17-12-10-8-6-4-2)27-25(26-23)22-18-14-13-15-19-22/h13-15,18-19,23-24H,3-12,16-17,20-21H2,1-2H3. The van der Waals surface area contributed by atoms with E-state index >= 15 is 0 Å². The summed E-state index contributed by atoms with van der Waals surface area (Å²) in [6.45, 7) is 4.56. The van der Waals surface area contributed by atoms with Crippen molar-refractivity contribution in [2.75, 3.05) is 0 Å². The Labute approximate surface area is 167 Å². The molecular formula is C25H41NO. The summed E-state index contributed by atoms with van der Waals surface area (Å²) in [4.78, 5) is 5.00. The van der Waals surface area contributed by atoms with E-state index < -0.39 is 0 Å². The van der Waals surface area contributed by atoms with Crippen LogP contribution in [-0.2, 0) is 4.74 Å². The molecule has 0 saturated heterocycles. The first-order valence-electron chi connectivity index (χ1n) is 11.6. The van der Waals surface area contributed by atoms with Gasteiger partial charge in [0.15, 0.2) is 0 Å². The highest BCUT2D eigenvalue weighted by molar-refractivity contribution is 5.95. The summed E-state index contributed by atoms with van der Waals surface area (Å²) >= 11 is 0. The minimum atomic E-state index is 0.294. The zero-order valence-corrected chi connectivity index (χ0v) is 17.8. The van der Waals surface area contributed by atoms with Crippen LogP contribution in [0.4, 0.5) is 0 Å². The number of ether oxygens (including phenoxy) is 1. The van der Waals surface area contributed by atoms with Crippen LogP contribution in [0.3, 0.4) is 0 Å². The van der Waals surface area contributed by atoms with Gasteiger partial charge in [-0.15, -0.1) is 0 Å². The molecule has 0 aliphatic carbocycles. The van der Waals surface area contributed by atoms with Crippen LogP contribution < -0.4 is 0 Å². The van der Waals surface area contributed by atoms with Crippen LogP contribution in [0.25, 0.3) is 0 Å². The summed E-state index contributed by atoms with van der Waals surface area (Å²) in [6.07, 6.45) is 18.8. The van der Waals surface area contributed by atoms with Crippen LogP contribution in [0.1, 0.15) is 109 Å². The molecule has 1 aliphatic heterocycles. The lowest BCUT2D eigenvalue weighted by Crippen LogP contribution is -2.22. The minimum absolute atomic E-state index is 0.294. The van der Waals surface area contributed by atoms with Crippen molar-refractivity contribution in [1.29, 1.82) is 0 Å². The lowest BCUT2D eigenvalue weighted by Gasteiger charge is -2.17. The van der Waals surface area contributed by atoms with Crippen LogP contribution in [0.15, 0.2) is 35.3 Å². The third kappa shape index (κ3) is 8.49. The van der Waals surface area contributed by atoms with E-state index in [0.717, 1.165) is 17.9 Å². The van der Waals surface area contributed by atoms with Gasteiger partial charge in [0.2, 0.25) is 5.90 Å². The van der Waals surface area contributed by atoms with Crippen molar-refractivity contribution in [2.45, 2.75) is 116 Å². The Morgan fingerprint density at radius 1 is 0.704 bits per heavy atom. The molecule has 0 aromatic heterocycles. The lowest BCUT2D eigenvalue weighted by molar-refractivity contribution is 0.172. The van der Waals surface area contributed by atoms with E-state index in [0.29, 0.717) is 12.1 Å². The molecule has 1 aliphatic rings. The Morgan fingerprint density at radius 2 is 1.26 bits per heavy atom. The first kappa shape index (κ1) is 22.0. The van der Waals surface area contributed by atoms with Crippen molar-refractivity contribution in [3.05, 3.63) is 35.9 Å². The quantitative estimate of drug-likeness (QED) is 0.289. The van der Waals surface area contributed by atoms with Gasteiger partial charge in [0.1, 0.15) is 6.10 Å². The highest BCUT2D eigenvalue weighted by atomic mass is 16.5. The number of rotatable bonds is 15. The summed E-state index contributed by atoms with van der Waals surface area (Å²) in [7, 11) is 0. The van der Waals surface area contributed by atoms with Crippen molar-refractivity contribution in [1.82, 2.24) is 0 Å². The molecule has 0 fully saturated rings.